The molecule has 2 atom stereocenters. The van der Waals surface area contributed by atoms with E-state index in [0.717, 1.165) is 19.4 Å². The lowest BCUT2D eigenvalue weighted by Gasteiger charge is -2.28. The van der Waals surface area contributed by atoms with Crippen LogP contribution in [0.15, 0.2) is 0 Å². The minimum Gasteiger partial charge on any atom is -0.480 e. The maximum Gasteiger partial charge on any atom is 0.322 e. The topological polar surface area (TPSA) is 78.4 Å². The third-order valence-electron chi connectivity index (χ3n) is 2.47. The predicted octanol–water partition coefficient (Wildman–Crippen LogP) is -0.425. The Bertz CT molecular complexity index is 230. The third-order valence-corrected chi connectivity index (χ3v) is 2.47. The van der Waals surface area contributed by atoms with Gasteiger partial charge in [0.15, 0.2) is 0 Å². The molecule has 0 aromatic carbocycles. The molecule has 3 N–H and O–H groups in total. The molecule has 1 fully saturated rings. The first kappa shape index (κ1) is 11.0. The van der Waals surface area contributed by atoms with Crippen molar-refractivity contribution in [2.75, 3.05) is 13.1 Å². The molecule has 1 rings (SSSR count). The fraction of sp³-hybridized carbons (Fsp3) is 0.778. The molecule has 5 nitrogen and oxygen atoms in total. The number of rotatable bonds is 3. The largest absolute Gasteiger partial charge is 0.480 e. The SMILES string of the molecule is CC1CCCNC1C(=O)NCC(=O)O. The fourth-order valence-electron chi connectivity index (χ4n) is 1.67. The van der Waals surface area contributed by atoms with E-state index >= 15 is 0 Å². The number of amides is 1. The first-order valence-electron chi connectivity index (χ1n) is 4.84. The zero-order chi connectivity index (χ0) is 10.6. The summed E-state index contributed by atoms with van der Waals surface area (Å²) in [5.41, 5.74) is 0. The number of hydrogen-bond acceptors (Lipinski definition) is 3. The van der Waals surface area contributed by atoms with Gasteiger partial charge in [0, 0.05) is 0 Å². The van der Waals surface area contributed by atoms with Crippen LogP contribution >= 0.6 is 0 Å². The highest BCUT2D eigenvalue weighted by Crippen LogP contribution is 2.15. The molecule has 0 spiro atoms. The van der Waals surface area contributed by atoms with Crippen molar-refractivity contribution in [1.82, 2.24) is 10.6 Å². The Labute approximate surface area is 82.9 Å². The van der Waals surface area contributed by atoms with E-state index in [2.05, 4.69) is 10.6 Å². The first-order valence-corrected chi connectivity index (χ1v) is 4.84. The zero-order valence-corrected chi connectivity index (χ0v) is 8.25. The van der Waals surface area contributed by atoms with E-state index in [4.69, 9.17) is 5.11 Å². The van der Waals surface area contributed by atoms with Gasteiger partial charge in [0.05, 0.1) is 6.04 Å². The molecule has 5 heteroatoms. The summed E-state index contributed by atoms with van der Waals surface area (Å²) in [6.07, 6.45) is 2.09. The Hall–Kier alpha value is -1.10. The van der Waals surface area contributed by atoms with Crippen LogP contribution in [-0.4, -0.2) is 36.1 Å². The second-order valence-electron chi connectivity index (χ2n) is 3.66. The molecule has 0 aromatic rings. The molecule has 0 bridgehead atoms. The highest BCUT2D eigenvalue weighted by Gasteiger charge is 2.27. The van der Waals surface area contributed by atoms with Gasteiger partial charge in [-0.05, 0) is 25.3 Å². The summed E-state index contributed by atoms with van der Waals surface area (Å²) in [6.45, 7) is 2.52. The van der Waals surface area contributed by atoms with E-state index in [9.17, 15) is 9.59 Å². The monoisotopic (exact) mass is 200 g/mol. The summed E-state index contributed by atoms with van der Waals surface area (Å²) in [6, 6.07) is -0.233. The summed E-state index contributed by atoms with van der Waals surface area (Å²) >= 11 is 0. The van der Waals surface area contributed by atoms with Crippen LogP contribution < -0.4 is 10.6 Å². The van der Waals surface area contributed by atoms with Gasteiger partial charge < -0.3 is 15.7 Å². The lowest BCUT2D eigenvalue weighted by molar-refractivity contribution is -0.138. The van der Waals surface area contributed by atoms with Crippen molar-refractivity contribution in [1.29, 1.82) is 0 Å². The molecule has 0 aromatic heterocycles. The van der Waals surface area contributed by atoms with Gasteiger partial charge in [-0.1, -0.05) is 6.92 Å². The lowest BCUT2D eigenvalue weighted by Crippen LogP contribution is -2.51. The van der Waals surface area contributed by atoms with Gasteiger partial charge in [-0.15, -0.1) is 0 Å². The van der Waals surface area contributed by atoms with Gasteiger partial charge in [-0.2, -0.15) is 0 Å². The minimum atomic E-state index is -1.01. The van der Waals surface area contributed by atoms with E-state index in [1.807, 2.05) is 6.92 Å². The Morgan fingerprint density at radius 3 is 2.86 bits per heavy atom. The Balaban J connectivity index is 2.38. The van der Waals surface area contributed by atoms with Gasteiger partial charge in [-0.3, -0.25) is 9.59 Å². The number of hydrogen-bond donors (Lipinski definition) is 3. The van der Waals surface area contributed by atoms with E-state index < -0.39 is 5.97 Å². The van der Waals surface area contributed by atoms with Gasteiger partial charge in [0.2, 0.25) is 5.91 Å². The number of carboxylic acids is 1. The normalized spacial score (nSPS) is 26.9. The molecule has 1 saturated heterocycles. The van der Waals surface area contributed by atoms with Crippen LogP contribution in [0, 0.1) is 5.92 Å². The maximum atomic E-state index is 11.5. The molecule has 0 radical (unpaired) electrons. The summed E-state index contributed by atoms with van der Waals surface area (Å²) in [5.74, 6) is -0.945. The van der Waals surface area contributed by atoms with Crippen LogP contribution in [0.3, 0.4) is 0 Å². The molecule has 0 aliphatic carbocycles. The standard InChI is InChI=1S/C9H16N2O3/c1-6-3-2-4-10-8(6)9(14)11-5-7(12)13/h6,8,10H,2-5H2,1H3,(H,11,14)(H,12,13). The van der Waals surface area contributed by atoms with Crippen LogP contribution in [0.1, 0.15) is 19.8 Å². The van der Waals surface area contributed by atoms with Crippen molar-refractivity contribution >= 4 is 11.9 Å². The molecule has 1 aliphatic rings. The molecular formula is C9H16N2O3. The predicted molar refractivity (Wildman–Crippen MR) is 50.8 cm³/mol. The van der Waals surface area contributed by atoms with E-state index in [1.165, 1.54) is 0 Å². The van der Waals surface area contributed by atoms with Crippen LogP contribution in [0.25, 0.3) is 0 Å². The molecule has 14 heavy (non-hydrogen) atoms. The Kier molecular flexibility index (Phi) is 3.88. The number of nitrogens with one attached hydrogen (secondary N) is 2. The summed E-state index contributed by atoms with van der Waals surface area (Å²) in [4.78, 5) is 21.7. The van der Waals surface area contributed by atoms with Crippen molar-refractivity contribution < 1.29 is 14.7 Å². The number of carbonyl (C=O) groups excluding carboxylic acids is 1. The smallest absolute Gasteiger partial charge is 0.322 e. The Morgan fingerprint density at radius 1 is 1.57 bits per heavy atom. The molecule has 2 unspecified atom stereocenters. The van der Waals surface area contributed by atoms with E-state index in [1.54, 1.807) is 0 Å². The third kappa shape index (κ3) is 2.99. The highest BCUT2D eigenvalue weighted by molar-refractivity contribution is 5.85. The fourth-order valence-corrected chi connectivity index (χ4v) is 1.67. The quantitative estimate of drug-likeness (QED) is 0.578. The summed E-state index contributed by atoms with van der Waals surface area (Å²) < 4.78 is 0. The molecule has 80 valence electrons. The molecule has 1 aliphatic heterocycles. The summed E-state index contributed by atoms with van der Waals surface area (Å²) in [5, 5.41) is 13.9. The van der Waals surface area contributed by atoms with Crippen molar-refractivity contribution in [2.45, 2.75) is 25.8 Å². The number of piperidine rings is 1. The minimum absolute atomic E-state index is 0.209. The van der Waals surface area contributed by atoms with E-state index in [-0.39, 0.29) is 24.4 Å². The number of aliphatic carboxylic acids is 1. The highest BCUT2D eigenvalue weighted by atomic mass is 16.4. The van der Waals surface area contributed by atoms with Gasteiger partial charge in [0.25, 0.3) is 0 Å². The lowest BCUT2D eigenvalue weighted by atomic mass is 9.92. The van der Waals surface area contributed by atoms with E-state index in [0.29, 0.717) is 0 Å². The second kappa shape index (κ2) is 4.95. The maximum absolute atomic E-state index is 11.5. The average Bonchev–Trinajstić information content (AvgIpc) is 2.15. The Morgan fingerprint density at radius 2 is 2.29 bits per heavy atom. The van der Waals surface area contributed by atoms with Crippen molar-refractivity contribution in [3.8, 4) is 0 Å². The van der Waals surface area contributed by atoms with Crippen molar-refractivity contribution in [2.24, 2.45) is 5.92 Å². The van der Waals surface area contributed by atoms with Gasteiger partial charge in [-0.25, -0.2) is 0 Å². The number of carbonyl (C=O) groups is 2. The molecule has 0 saturated carbocycles. The van der Waals surface area contributed by atoms with Crippen molar-refractivity contribution in [3.05, 3.63) is 0 Å². The first-order chi connectivity index (χ1) is 6.61. The van der Waals surface area contributed by atoms with Crippen LogP contribution in [-0.2, 0) is 9.59 Å². The zero-order valence-electron chi connectivity index (χ0n) is 8.25. The molecule has 1 heterocycles. The van der Waals surface area contributed by atoms with Crippen LogP contribution in [0.2, 0.25) is 0 Å². The van der Waals surface area contributed by atoms with Gasteiger partial charge >= 0.3 is 5.97 Å². The van der Waals surface area contributed by atoms with Gasteiger partial charge in [0.1, 0.15) is 6.54 Å². The average molecular weight is 200 g/mol. The summed E-state index contributed by atoms with van der Waals surface area (Å²) in [7, 11) is 0. The molecular weight excluding hydrogens is 184 g/mol. The molecule has 1 amide bonds. The van der Waals surface area contributed by atoms with Crippen molar-refractivity contribution in [3.63, 3.8) is 0 Å². The van der Waals surface area contributed by atoms with Crippen LogP contribution in [0.5, 0.6) is 0 Å². The number of carboxylic acid groups (broad SMARTS) is 1. The van der Waals surface area contributed by atoms with Crippen LogP contribution in [0.4, 0.5) is 0 Å². The second-order valence-corrected chi connectivity index (χ2v) is 3.66.